The lowest BCUT2D eigenvalue weighted by atomic mass is 10.2. The summed E-state index contributed by atoms with van der Waals surface area (Å²) in [5.74, 6) is -0.119. The van der Waals surface area contributed by atoms with Gasteiger partial charge in [-0.05, 0) is 43.3 Å². The van der Waals surface area contributed by atoms with Gasteiger partial charge in [0.15, 0.2) is 0 Å². The largest absolute Gasteiger partial charge is 0.351 e. The molecule has 0 aliphatic heterocycles. The van der Waals surface area contributed by atoms with E-state index in [1.165, 1.54) is 0 Å². The van der Waals surface area contributed by atoms with E-state index in [1.807, 2.05) is 42.5 Å². The highest BCUT2D eigenvalue weighted by atomic mass is 32.1. The fourth-order valence-corrected chi connectivity index (χ4v) is 3.33. The van der Waals surface area contributed by atoms with E-state index in [0.29, 0.717) is 11.4 Å². The van der Waals surface area contributed by atoms with Crippen LogP contribution in [0.1, 0.15) is 16.2 Å². The van der Waals surface area contributed by atoms with Gasteiger partial charge in [-0.1, -0.05) is 17.3 Å². The van der Waals surface area contributed by atoms with E-state index in [4.69, 9.17) is 4.52 Å². The predicted molar refractivity (Wildman–Crippen MR) is 94.2 cm³/mol. The van der Waals surface area contributed by atoms with E-state index in [-0.39, 0.29) is 11.7 Å². The molecule has 0 unspecified atom stereocenters. The number of aromatic nitrogens is 2. The molecule has 6 heteroatoms. The average Bonchev–Trinajstić information content (AvgIpc) is 3.21. The normalized spacial score (nSPS) is 10.9. The van der Waals surface area contributed by atoms with Gasteiger partial charge in [0.2, 0.25) is 5.76 Å². The number of fused-ring (bicyclic) bond motifs is 1. The lowest BCUT2D eigenvalue weighted by molar-refractivity contribution is 0.0988. The summed E-state index contributed by atoms with van der Waals surface area (Å²) in [6.45, 7) is 1.77. The van der Waals surface area contributed by atoms with Crippen molar-refractivity contribution in [2.75, 3.05) is 5.32 Å². The van der Waals surface area contributed by atoms with Gasteiger partial charge in [-0.25, -0.2) is 4.98 Å². The van der Waals surface area contributed by atoms with Crippen LogP contribution in [0.4, 0.5) is 5.69 Å². The van der Waals surface area contributed by atoms with E-state index in [9.17, 15) is 4.79 Å². The maximum Gasteiger partial charge on any atom is 0.294 e. The molecule has 1 N–H and O–H groups in total. The van der Waals surface area contributed by atoms with E-state index >= 15 is 0 Å². The Labute approximate surface area is 141 Å². The second-order valence-corrected chi connectivity index (χ2v) is 6.38. The Balaban J connectivity index is 1.55. The third-order valence-electron chi connectivity index (χ3n) is 3.54. The smallest absolute Gasteiger partial charge is 0.294 e. The molecule has 0 aliphatic carbocycles. The standard InChI is InChI=1S/C18H13N3O2S/c1-11-10-15(23-21-11)17(22)19-13-8-6-12(7-9-13)18-20-14-4-2-3-5-16(14)24-18/h2-10H,1H3,(H,19,22). The predicted octanol–water partition coefficient (Wildman–Crippen LogP) is 4.51. The van der Waals surface area contributed by atoms with Crippen molar-refractivity contribution in [3.8, 4) is 10.6 Å². The summed E-state index contributed by atoms with van der Waals surface area (Å²) < 4.78 is 6.11. The fourth-order valence-electron chi connectivity index (χ4n) is 2.36. The van der Waals surface area contributed by atoms with Gasteiger partial charge in [0.05, 0.1) is 15.9 Å². The molecule has 4 rings (SSSR count). The molecule has 1 amide bonds. The summed E-state index contributed by atoms with van der Waals surface area (Å²) in [5.41, 5.74) is 3.38. The number of hydrogen-bond donors (Lipinski definition) is 1. The number of rotatable bonds is 3. The molecule has 4 aromatic rings. The number of hydrogen-bond acceptors (Lipinski definition) is 5. The molecule has 0 bridgehead atoms. The van der Waals surface area contributed by atoms with Gasteiger partial charge in [0, 0.05) is 17.3 Å². The van der Waals surface area contributed by atoms with Crippen molar-refractivity contribution in [2.45, 2.75) is 6.92 Å². The summed E-state index contributed by atoms with van der Waals surface area (Å²) >= 11 is 1.65. The van der Waals surface area contributed by atoms with E-state index in [2.05, 4.69) is 21.5 Å². The van der Waals surface area contributed by atoms with Gasteiger partial charge in [0.25, 0.3) is 5.91 Å². The van der Waals surface area contributed by atoms with Crippen molar-refractivity contribution in [1.29, 1.82) is 0 Å². The molecule has 0 saturated heterocycles. The highest BCUT2D eigenvalue weighted by Gasteiger charge is 2.12. The number of thiazole rings is 1. The first-order valence-electron chi connectivity index (χ1n) is 7.40. The Kier molecular flexibility index (Phi) is 3.59. The van der Waals surface area contributed by atoms with Crippen LogP contribution in [0.15, 0.2) is 59.1 Å². The number of carbonyl (C=O) groups is 1. The first-order chi connectivity index (χ1) is 11.7. The first kappa shape index (κ1) is 14.6. The van der Waals surface area contributed by atoms with Gasteiger partial charge in [-0.3, -0.25) is 4.79 Å². The molecule has 2 aromatic heterocycles. The van der Waals surface area contributed by atoms with Gasteiger partial charge < -0.3 is 9.84 Å². The SMILES string of the molecule is Cc1cc(C(=O)Nc2ccc(-c3nc4ccccc4s3)cc2)on1. The van der Waals surface area contributed by atoms with Crippen LogP contribution in [0.3, 0.4) is 0 Å². The van der Waals surface area contributed by atoms with Crippen molar-refractivity contribution in [3.05, 3.63) is 66.1 Å². The molecule has 5 nitrogen and oxygen atoms in total. The zero-order valence-corrected chi connectivity index (χ0v) is 13.6. The zero-order chi connectivity index (χ0) is 16.5. The molecule has 0 saturated carbocycles. The van der Waals surface area contributed by atoms with Crippen molar-refractivity contribution in [2.24, 2.45) is 0 Å². The number of aryl methyl sites for hydroxylation is 1. The Morgan fingerprint density at radius 3 is 2.62 bits per heavy atom. The summed E-state index contributed by atoms with van der Waals surface area (Å²) in [7, 11) is 0. The van der Waals surface area contributed by atoms with Gasteiger partial charge in [-0.2, -0.15) is 0 Å². The molecule has 2 aromatic carbocycles. The lowest BCUT2D eigenvalue weighted by Gasteiger charge is -2.03. The number of benzene rings is 2. The Bertz CT molecular complexity index is 985. The molecule has 24 heavy (non-hydrogen) atoms. The Morgan fingerprint density at radius 1 is 1.12 bits per heavy atom. The molecule has 2 heterocycles. The van der Waals surface area contributed by atoms with Crippen molar-refractivity contribution >= 4 is 33.1 Å². The summed E-state index contributed by atoms with van der Waals surface area (Å²) in [6.07, 6.45) is 0. The van der Waals surface area contributed by atoms with Crippen LogP contribution in [-0.4, -0.2) is 16.0 Å². The van der Waals surface area contributed by atoms with Crippen molar-refractivity contribution in [3.63, 3.8) is 0 Å². The van der Waals surface area contributed by atoms with Crippen LogP contribution in [-0.2, 0) is 0 Å². The number of nitrogens with zero attached hydrogens (tertiary/aromatic N) is 2. The molecule has 0 radical (unpaired) electrons. The highest BCUT2D eigenvalue weighted by molar-refractivity contribution is 7.21. The van der Waals surface area contributed by atoms with Crippen LogP contribution in [0, 0.1) is 6.92 Å². The molecule has 0 spiro atoms. The summed E-state index contributed by atoms with van der Waals surface area (Å²) in [4.78, 5) is 16.7. The third-order valence-corrected chi connectivity index (χ3v) is 4.62. The molecule has 118 valence electrons. The second-order valence-electron chi connectivity index (χ2n) is 5.35. The summed E-state index contributed by atoms with van der Waals surface area (Å²) in [5, 5.41) is 7.46. The molecule has 0 atom stereocenters. The molecular formula is C18H13N3O2S. The molecule has 0 aliphatic rings. The van der Waals surface area contributed by atoms with E-state index in [1.54, 1.807) is 24.3 Å². The minimum Gasteiger partial charge on any atom is -0.351 e. The van der Waals surface area contributed by atoms with Gasteiger partial charge in [-0.15, -0.1) is 11.3 Å². The maximum atomic E-state index is 12.0. The number of nitrogens with one attached hydrogen (secondary N) is 1. The zero-order valence-electron chi connectivity index (χ0n) is 12.8. The van der Waals surface area contributed by atoms with E-state index < -0.39 is 0 Å². The second kappa shape index (κ2) is 5.90. The number of amides is 1. The van der Waals surface area contributed by atoms with Crippen LogP contribution < -0.4 is 5.32 Å². The average molecular weight is 335 g/mol. The lowest BCUT2D eigenvalue weighted by Crippen LogP contribution is -2.10. The fraction of sp³-hybridized carbons (Fsp3) is 0.0556. The topological polar surface area (TPSA) is 68.0 Å². The Hall–Kier alpha value is -2.99. The minimum atomic E-state index is -0.316. The maximum absolute atomic E-state index is 12.0. The monoisotopic (exact) mass is 335 g/mol. The third kappa shape index (κ3) is 2.79. The molecule has 0 fully saturated rings. The number of anilines is 1. The number of carbonyl (C=O) groups excluding carboxylic acids is 1. The Morgan fingerprint density at radius 2 is 1.92 bits per heavy atom. The van der Waals surface area contributed by atoms with Crippen LogP contribution in [0.2, 0.25) is 0 Å². The first-order valence-corrected chi connectivity index (χ1v) is 8.21. The minimum absolute atomic E-state index is 0.197. The number of para-hydroxylation sites is 1. The van der Waals surface area contributed by atoms with Crippen molar-refractivity contribution < 1.29 is 9.32 Å². The van der Waals surface area contributed by atoms with Crippen LogP contribution in [0.25, 0.3) is 20.8 Å². The highest BCUT2D eigenvalue weighted by Crippen LogP contribution is 2.30. The van der Waals surface area contributed by atoms with Crippen molar-refractivity contribution in [1.82, 2.24) is 10.1 Å². The molecular weight excluding hydrogens is 322 g/mol. The van der Waals surface area contributed by atoms with Gasteiger partial charge >= 0.3 is 0 Å². The van der Waals surface area contributed by atoms with Crippen LogP contribution >= 0.6 is 11.3 Å². The van der Waals surface area contributed by atoms with E-state index in [0.717, 1.165) is 20.8 Å². The van der Waals surface area contributed by atoms with Crippen LogP contribution in [0.5, 0.6) is 0 Å². The summed E-state index contributed by atoms with van der Waals surface area (Å²) in [6, 6.07) is 17.2. The quantitative estimate of drug-likeness (QED) is 0.598. The van der Waals surface area contributed by atoms with Gasteiger partial charge in [0.1, 0.15) is 5.01 Å².